The molecular formula is C11H23NO3. The summed E-state index contributed by atoms with van der Waals surface area (Å²) in [5.74, 6) is -0.239. The lowest BCUT2D eigenvalue weighted by atomic mass is 10.1. The lowest BCUT2D eigenvalue weighted by molar-refractivity contribution is -0.150. The second-order valence-electron chi connectivity index (χ2n) is 4.56. The van der Waals surface area contributed by atoms with Crippen LogP contribution in [-0.4, -0.2) is 37.4 Å². The van der Waals surface area contributed by atoms with Crippen molar-refractivity contribution in [1.82, 2.24) is 5.32 Å². The van der Waals surface area contributed by atoms with E-state index in [2.05, 4.69) is 5.32 Å². The van der Waals surface area contributed by atoms with Crippen molar-refractivity contribution >= 4 is 5.97 Å². The van der Waals surface area contributed by atoms with Crippen LogP contribution in [0.15, 0.2) is 0 Å². The summed E-state index contributed by atoms with van der Waals surface area (Å²) in [6.45, 7) is 11.1. The molecule has 90 valence electrons. The Labute approximate surface area is 92.3 Å². The minimum atomic E-state index is -0.239. The molecule has 0 radical (unpaired) electrons. The summed E-state index contributed by atoms with van der Waals surface area (Å²) in [5, 5.41) is 3.07. The Bertz CT molecular complexity index is 187. The van der Waals surface area contributed by atoms with Gasteiger partial charge in [0.05, 0.1) is 13.2 Å². The molecule has 15 heavy (non-hydrogen) atoms. The zero-order chi connectivity index (χ0) is 11.9. The Morgan fingerprint density at radius 3 is 2.47 bits per heavy atom. The van der Waals surface area contributed by atoms with E-state index >= 15 is 0 Å². The summed E-state index contributed by atoms with van der Waals surface area (Å²) in [6.07, 6.45) is -0.181. The summed E-state index contributed by atoms with van der Waals surface area (Å²) in [4.78, 5) is 11.3. The molecule has 4 nitrogen and oxygen atoms in total. The van der Waals surface area contributed by atoms with Crippen LogP contribution < -0.4 is 5.32 Å². The number of carbonyl (C=O) groups excluding carboxylic acids is 1. The van der Waals surface area contributed by atoms with Crippen molar-refractivity contribution in [3.63, 3.8) is 0 Å². The van der Waals surface area contributed by atoms with Crippen LogP contribution in [0.3, 0.4) is 0 Å². The van der Waals surface area contributed by atoms with Gasteiger partial charge in [-0.3, -0.25) is 4.79 Å². The molecule has 0 heterocycles. The van der Waals surface area contributed by atoms with Gasteiger partial charge in [-0.25, -0.2) is 0 Å². The van der Waals surface area contributed by atoms with Gasteiger partial charge in [-0.05, 0) is 34.6 Å². The molecule has 0 aliphatic rings. The summed E-state index contributed by atoms with van der Waals surface area (Å²) in [5.41, 5.74) is -0.0673. The topological polar surface area (TPSA) is 47.6 Å². The minimum Gasteiger partial charge on any atom is -0.459 e. The van der Waals surface area contributed by atoms with E-state index in [1.807, 2.05) is 34.6 Å². The van der Waals surface area contributed by atoms with E-state index in [-0.39, 0.29) is 24.2 Å². The fourth-order valence-corrected chi connectivity index (χ4v) is 0.921. The zero-order valence-corrected chi connectivity index (χ0v) is 10.4. The molecule has 0 fully saturated rings. The van der Waals surface area contributed by atoms with Crippen LogP contribution in [-0.2, 0) is 14.3 Å². The standard InChI is InChI=1S/C11H23NO3/c1-6-14-8-9(2)15-10(13)7-12-11(3,4)5/h9,12H,6-8H2,1-5H3. The third-order valence-corrected chi connectivity index (χ3v) is 1.65. The smallest absolute Gasteiger partial charge is 0.320 e. The molecule has 0 bridgehead atoms. The molecule has 0 amide bonds. The summed E-state index contributed by atoms with van der Waals surface area (Å²) < 4.78 is 10.3. The van der Waals surface area contributed by atoms with Crippen molar-refractivity contribution in [1.29, 1.82) is 0 Å². The average molecular weight is 217 g/mol. The second-order valence-corrected chi connectivity index (χ2v) is 4.56. The first-order valence-corrected chi connectivity index (χ1v) is 5.37. The third kappa shape index (κ3) is 9.69. The Hall–Kier alpha value is -0.610. The number of esters is 1. The number of rotatable bonds is 6. The van der Waals surface area contributed by atoms with Gasteiger partial charge in [-0.15, -0.1) is 0 Å². The molecule has 0 aromatic rings. The molecule has 1 atom stereocenters. The summed E-state index contributed by atoms with van der Waals surface area (Å²) in [6, 6.07) is 0. The number of carbonyl (C=O) groups is 1. The van der Waals surface area contributed by atoms with E-state index < -0.39 is 0 Å². The summed E-state index contributed by atoms with van der Waals surface area (Å²) >= 11 is 0. The highest BCUT2D eigenvalue weighted by Gasteiger charge is 2.14. The highest BCUT2D eigenvalue weighted by molar-refractivity contribution is 5.71. The van der Waals surface area contributed by atoms with Gasteiger partial charge >= 0.3 is 5.97 Å². The van der Waals surface area contributed by atoms with Crippen LogP contribution in [0.4, 0.5) is 0 Å². The molecule has 1 unspecified atom stereocenters. The third-order valence-electron chi connectivity index (χ3n) is 1.65. The lowest BCUT2D eigenvalue weighted by Gasteiger charge is -2.20. The van der Waals surface area contributed by atoms with Gasteiger partial charge < -0.3 is 14.8 Å². The second kappa shape index (κ2) is 6.80. The molecule has 0 aromatic heterocycles. The highest BCUT2D eigenvalue weighted by atomic mass is 16.6. The van der Waals surface area contributed by atoms with Gasteiger partial charge in [0.25, 0.3) is 0 Å². The van der Waals surface area contributed by atoms with Gasteiger partial charge in [-0.1, -0.05) is 0 Å². The van der Waals surface area contributed by atoms with Crippen molar-refractivity contribution in [3.8, 4) is 0 Å². The van der Waals surface area contributed by atoms with Crippen LogP contribution in [0.1, 0.15) is 34.6 Å². The van der Waals surface area contributed by atoms with E-state index in [9.17, 15) is 4.79 Å². The molecule has 1 N–H and O–H groups in total. The Morgan fingerprint density at radius 1 is 1.40 bits per heavy atom. The van der Waals surface area contributed by atoms with Crippen LogP contribution in [0.25, 0.3) is 0 Å². The molecule has 0 rings (SSSR count). The molecular weight excluding hydrogens is 194 g/mol. The van der Waals surface area contributed by atoms with Gasteiger partial charge in [0, 0.05) is 12.1 Å². The van der Waals surface area contributed by atoms with Crippen LogP contribution in [0.2, 0.25) is 0 Å². The van der Waals surface area contributed by atoms with Crippen molar-refractivity contribution in [2.75, 3.05) is 19.8 Å². The molecule has 0 aromatic carbocycles. The Morgan fingerprint density at radius 2 is 2.00 bits per heavy atom. The van der Waals surface area contributed by atoms with Crippen LogP contribution in [0, 0.1) is 0 Å². The number of hydrogen-bond acceptors (Lipinski definition) is 4. The molecule has 0 aliphatic carbocycles. The van der Waals surface area contributed by atoms with Crippen molar-refractivity contribution in [2.45, 2.75) is 46.3 Å². The first-order chi connectivity index (χ1) is 6.85. The SMILES string of the molecule is CCOCC(C)OC(=O)CNC(C)(C)C. The maximum absolute atomic E-state index is 11.3. The molecule has 4 heteroatoms. The number of hydrogen-bond donors (Lipinski definition) is 1. The van der Waals surface area contributed by atoms with Crippen molar-refractivity contribution < 1.29 is 14.3 Å². The van der Waals surface area contributed by atoms with Gasteiger partial charge in [-0.2, -0.15) is 0 Å². The normalized spacial score (nSPS) is 13.7. The zero-order valence-electron chi connectivity index (χ0n) is 10.4. The largest absolute Gasteiger partial charge is 0.459 e. The van der Waals surface area contributed by atoms with E-state index in [4.69, 9.17) is 9.47 Å². The molecule has 0 saturated carbocycles. The number of nitrogens with one attached hydrogen (secondary N) is 1. The highest BCUT2D eigenvalue weighted by Crippen LogP contribution is 1.98. The Balaban J connectivity index is 3.64. The maximum Gasteiger partial charge on any atom is 0.320 e. The van der Waals surface area contributed by atoms with Gasteiger partial charge in [0.15, 0.2) is 0 Å². The summed E-state index contributed by atoms with van der Waals surface area (Å²) in [7, 11) is 0. The van der Waals surface area contributed by atoms with E-state index in [0.29, 0.717) is 13.2 Å². The van der Waals surface area contributed by atoms with Crippen molar-refractivity contribution in [3.05, 3.63) is 0 Å². The average Bonchev–Trinajstić information content (AvgIpc) is 2.10. The van der Waals surface area contributed by atoms with E-state index in [1.54, 1.807) is 0 Å². The van der Waals surface area contributed by atoms with Crippen LogP contribution >= 0.6 is 0 Å². The minimum absolute atomic E-state index is 0.0673. The van der Waals surface area contributed by atoms with Crippen LogP contribution in [0.5, 0.6) is 0 Å². The van der Waals surface area contributed by atoms with E-state index in [1.165, 1.54) is 0 Å². The van der Waals surface area contributed by atoms with Gasteiger partial charge in [0.2, 0.25) is 0 Å². The van der Waals surface area contributed by atoms with Crippen molar-refractivity contribution in [2.24, 2.45) is 0 Å². The predicted octanol–water partition coefficient (Wildman–Crippen LogP) is 1.34. The molecule has 0 aliphatic heterocycles. The maximum atomic E-state index is 11.3. The van der Waals surface area contributed by atoms with E-state index in [0.717, 1.165) is 0 Å². The first kappa shape index (κ1) is 14.4. The molecule has 0 saturated heterocycles. The quantitative estimate of drug-likeness (QED) is 0.682. The lowest BCUT2D eigenvalue weighted by Crippen LogP contribution is -2.40. The monoisotopic (exact) mass is 217 g/mol. The first-order valence-electron chi connectivity index (χ1n) is 5.37. The fourth-order valence-electron chi connectivity index (χ4n) is 0.921. The predicted molar refractivity (Wildman–Crippen MR) is 59.8 cm³/mol. The molecule has 0 spiro atoms. The number of ether oxygens (including phenoxy) is 2. The van der Waals surface area contributed by atoms with Gasteiger partial charge in [0.1, 0.15) is 6.10 Å². The fraction of sp³-hybridized carbons (Fsp3) is 0.909. The Kier molecular flexibility index (Phi) is 6.52.